The van der Waals surface area contributed by atoms with Gasteiger partial charge in [-0.15, -0.1) is 0 Å². The molecule has 2 nitrogen and oxygen atoms in total. The maximum atomic E-state index is 10.3. The Bertz CT molecular complexity index is 269. The van der Waals surface area contributed by atoms with Gasteiger partial charge in [0.15, 0.2) is 0 Å². The van der Waals surface area contributed by atoms with Crippen molar-refractivity contribution in [2.45, 2.75) is 89.9 Å². The fourth-order valence-corrected chi connectivity index (χ4v) is 2.50. The lowest BCUT2D eigenvalue weighted by molar-refractivity contribution is -0.137. The van der Waals surface area contributed by atoms with Crippen LogP contribution >= 0.6 is 0 Å². The first-order valence-electron chi connectivity index (χ1n) is 8.76. The molecule has 21 heavy (non-hydrogen) atoms. The summed E-state index contributed by atoms with van der Waals surface area (Å²) in [4.78, 5) is 10.3. The lowest BCUT2D eigenvalue weighted by Gasteiger charge is -2.02. The van der Waals surface area contributed by atoms with Crippen LogP contribution in [0, 0.1) is 0 Å². The number of carboxylic acid groups (broad SMARTS) is 1. The van der Waals surface area contributed by atoms with Gasteiger partial charge in [0.1, 0.15) is 0 Å². The second kappa shape index (κ2) is 17.0. The van der Waals surface area contributed by atoms with Gasteiger partial charge in [-0.2, -0.15) is 0 Å². The molecule has 0 saturated carbocycles. The van der Waals surface area contributed by atoms with Crippen molar-refractivity contribution < 1.29 is 9.90 Å². The number of carbonyl (C=O) groups is 1. The van der Waals surface area contributed by atoms with E-state index in [0.717, 1.165) is 12.8 Å². The zero-order chi connectivity index (χ0) is 15.6. The van der Waals surface area contributed by atoms with Crippen LogP contribution < -0.4 is 0 Å². The van der Waals surface area contributed by atoms with E-state index in [9.17, 15) is 4.79 Å². The van der Waals surface area contributed by atoms with Gasteiger partial charge in [-0.05, 0) is 19.3 Å². The summed E-state index contributed by atoms with van der Waals surface area (Å²) in [6.07, 6.45) is 22.8. The molecule has 0 spiro atoms. The Hall–Kier alpha value is -1.05. The van der Waals surface area contributed by atoms with Gasteiger partial charge < -0.3 is 5.11 Å². The smallest absolute Gasteiger partial charge is 0.303 e. The molecule has 0 aromatic carbocycles. The molecule has 122 valence electrons. The molecule has 1 N–H and O–H groups in total. The number of unbranched alkanes of at least 4 members (excludes halogenated alkanes) is 12. The third-order valence-corrected chi connectivity index (χ3v) is 3.78. The standard InChI is InChI=1S/C19H34O2/c1-2-3-4-5-6-7-8-9-10-11-12-13-14-15-16-17-18-19(20)21/h2-4H,1,5-18H2,(H,20,21). The molecule has 0 heterocycles. The predicted octanol–water partition coefficient (Wildman–Crippen LogP) is 6.27. The second-order valence-electron chi connectivity index (χ2n) is 5.84. The summed E-state index contributed by atoms with van der Waals surface area (Å²) in [5, 5.41) is 8.52. The largest absolute Gasteiger partial charge is 0.481 e. The molecule has 0 fully saturated rings. The summed E-state index contributed by atoms with van der Waals surface area (Å²) in [6, 6.07) is 0. The van der Waals surface area contributed by atoms with Crippen LogP contribution in [0.5, 0.6) is 0 Å². The van der Waals surface area contributed by atoms with Crippen molar-refractivity contribution in [1.82, 2.24) is 0 Å². The molecule has 0 bridgehead atoms. The number of allylic oxidation sites excluding steroid dienone is 3. The minimum absolute atomic E-state index is 0.337. The minimum Gasteiger partial charge on any atom is -0.481 e. The Morgan fingerprint density at radius 2 is 1.19 bits per heavy atom. The van der Waals surface area contributed by atoms with E-state index in [0.29, 0.717) is 6.42 Å². The maximum absolute atomic E-state index is 10.3. The van der Waals surface area contributed by atoms with Crippen molar-refractivity contribution in [1.29, 1.82) is 0 Å². The first-order chi connectivity index (χ1) is 10.3. The van der Waals surface area contributed by atoms with E-state index in [1.54, 1.807) is 0 Å². The van der Waals surface area contributed by atoms with Crippen molar-refractivity contribution in [2.75, 3.05) is 0 Å². The summed E-state index contributed by atoms with van der Waals surface area (Å²) < 4.78 is 0. The maximum Gasteiger partial charge on any atom is 0.303 e. The van der Waals surface area contributed by atoms with Gasteiger partial charge in [0.25, 0.3) is 0 Å². The first-order valence-corrected chi connectivity index (χ1v) is 8.76. The van der Waals surface area contributed by atoms with Gasteiger partial charge in [-0.3, -0.25) is 4.79 Å². The minimum atomic E-state index is -0.660. The molecular formula is C19H34O2. The van der Waals surface area contributed by atoms with Crippen LogP contribution in [0.1, 0.15) is 89.9 Å². The topological polar surface area (TPSA) is 37.3 Å². The van der Waals surface area contributed by atoms with Gasteiger partial charge in [0.05, 0.1) is 0 Å². The predicted molar refractivity (Wildman–Crippen MR) is 91.6 cm³/mol. The average molecular weight is 294 g/mol. The van der Waals surface area contributed by atoms with Crippen LogP contribution in [0.15, 0.2) is 24.8 Å². The molecular weight excluding hydrogens is 260 g/mol. The van der Waals surface area contributed by atoms with E-state index < -0.39 is 5.97 Å². The fraction of sp³-hybridized carbons (Fsp3) is 0.737. The van der Waals surface area contributed by atoms with E-state index in [-0.39, 0.29) is 0 Å². The number of rotatable bonds is 16. The summed E-state index contributed by atoms with van der Waals surface area (Å²) in [6.45, 7) is 3.66. The highest BCUT2D eigenvalue weighted by Gasteiger charge is 1.96. The van der Waals surface area contributed by atoms with Crippen molar-refractivity contribution in [3.8, 4) is 0 Å². The van der Waals surface area contributed by atoms with Crippen molar-refractivity contribution >= 4 is 5.97 Å². The second-order valence-corrected chi connectivity index (χ2v) is 5.84. The van der Waals surface area contributed by atoms with Crippen LogP contribution in [-0.4, -0.2) is 11.1 Å². The van der Waals surface area contributed by atoms with Crippen LogP contribution in [0.2, 0.25) is 0 Å². The summed E-state index contributed by atoms with van der Waals surface area (Å²) in [7, 11) is 0. The Morgan fingerprint density at radius 3 is 1.62 bits per heavy atom. The van der Waals surface area contributed by atoms with E-state index >= 15 is 0 Å². The summed E-state index contributed by atoms with van der Waals surface area (Å²) in [5.74, 6) is -0.660. The molecule has 0 saturated heterocycles. The highest BCUT2D eigenvalue weighted by molar-refractivity contribution is 5.66. The van der Waals surface area contributed by atoms with E-state index in [1.807, 2.05) is 12.2 Å². The summed E-state index contributed by atoms with van der Waals surface area (Å²) >= 11 is 0. The SMILES string of the molecule is C=CC=CCCCCCCCCCCCCCCC(=O)O. The van der Waals surface area contributed by atoms with Crippen LogP contribution in [0.3, 0.4) is 0 Å². The number of hydrogen-bond donors (Lipinski definition) is 1. The molecule has 0 aliphatic carbocycles. The van der Waals surface area contributed by atoms with Gasteiger partial charge in [0.2, 0.25) is 0 Å². The zero-order valence-electron chi connectivity index (χ0n) is 13.7. The quantitative estimate of drug-likeness (QED) is 0.269. The normalized spacial score (nSPS) is 11.0. The Morgan fingerprint density at radius 1 is 0.762 bits per heavy atom. The van der Waals surface area contributed by atoms with Crippen molar-refractivity contribution in [3.05, 3.63) is 24.8 Å². The van der Waals surface area contributed by atoms with Crippen LogP contribution in [-0.2, 0) is 4.79 Å². The van der Waals surface area contributed by atoms with Gasteiger partial charge in [0, 0.05) is 6.42 Å². The number of aliphatic carboxylic acids is 1. The lowest BCUT2D eigenvalue weighted by Crippen LogP contribution is -1.93. The third-order valence-electron chi connectivity index (χ3n) is 3.78. The molecule has 0 aromatic rings. The fourth-order valence-electron chi connectivity index (χ4n) is 2.50. The third kappa shape index (κ3) is 18.9. The molecule has 0 aromatic heterocycles. The Balaban J connectivity index is 3.01. The Labute approximate surface area is 131 Å². The highest BCUT2D eigenvalue weighted by Crippen LogP contribution is 2.13. The van der Waals surface area contributed by atoms with Crippen LogP contribution in [0.25, 0.3) is 0 Å². The van der Waals surface area contributed by atoms with Gasteiger partial charge in [-0.25, -0.2) is 0 Å². The zero-order valence-corrected chi connectivity index (χ0v) is 13.7. The lowest BCUT2D eigenvalue weighted by atomic mass is 10.0. The highest BCUT2D eigenvalue weighted by atomic mass is 16.4. The average Bonchev–Trinajstić information content (AvgIpc) is 2.46. The molecule has 0 aliphatic heterocycles. The van der Waals surface area contributed by atoms with Gasteiger partial charge in [-0.1, -0.05) is 89.0 Å². The molecule has 0 atom stereocenters. The summed E-state index contributed by atoms with van der Waals surface area (Å²) in [5.41, 5.74) is 0. The molecule has 0 unspecified atom stereocenters. The monoisotopic (exact) mass is 294 g/mol. The van der Waals surface area contributed by atoms with E-state index in [4.69, 9.17) is 5.11 Å². The van der Waals surface area contributed by atoms with Crippen molar-refractivity contribution in [2.24, 2.45) is 0 Å². The van der Waals surface area contributed by atoms with E-state index in [2.05, 4.69) is 12.7 Å². The Kier molecular flexibility index (Phi) is 16.2. The van der Waals surface area contributed by atoms with E-state index in [1.165, 1.54) is 70.6 Å². The molecule has 0 rings (SSSR count). The van der Waals surface area contributed by atoms with Crippen molar-refractivity contribution in [3.63, 3.8) is 0 Å². The number of hydrogen-bond acceptors (Lipinski definition) is 1. The molecule has 0 aliphatic rings. The molecule has 0 amide bonds. The van der Waals surface area contributed by atoms with Gasteiger partial charge >= 0.3 is 5.97 Å². The number of carboxylic acids is 1. The van der Waals surface area contributed by atoms with Crippen LogP contribution in [0.4, 0.5) is 0 Å². The molecule has 2 heteroatoms. The first kappa shape index (κ1) is 19.9. The molecule has 0 radical (unpaired) electrons.